The van der Waals surface area contributed by atoms with E-state index in [1.54, 1.807) is 0 Å². The third kappa shape index (κ3) is 5.95. The van der Waals surface area contributed by atoms with Gasteiger partial charge in [-0.2, -0.15) is 0 Å². The largest absolute Gasteiger partial charge is 0.357 e. The number of hydrogen-bond donors (Lipinski definition) is 2. The van der Waals surface area contributed by atoms with Gasteiger partial charge in [0.15, 0.2) is 5.96 Å². The molecule has 3 aromatic rings. The number of guanidine groups is 1. The maximum Gasteiger partial charge on any atom is 0.191 e. The SMILES string of the molecule is CCNC(=NCc1nccn1Cc1ccccc1)NCCc1ccccn1. The van der Waals surface area contributed by atoms with Crippen LogP contribution in [0.1, 0.15) is 24.0 Å². The summed E-state index contributed by atoms with van der Waals surface area (Å²) in [5.74, 6) is 1.74. The lowest BCUT2D eigenvalue weighted by molar-refractivity contribution is 0.715. The van der Waals surface area contributed by atoms with Crippen molar-refractivity contribution in [3.8, 4) is 0 Å². The molecule has 0 radical (unpaired) electrons. The van der Waals surface area contributed by atoms with Crippen LogP contribution in [-0.2, 0) is 19.5 Å². The zero-order valence-corrected chi connectivity index (χ0v) is 15.7. The zero-order valence-electron chi connectivity index (χ0n) is 15.7. The molecule has 0 saturated carbocycles. The Morgan fingerprint density at radius 2 is 1.85 bits per heavy atom. The maximum atomic E-state index is 4.68. The van der Waals surface area contributed by atoms with E-state index in [1.165, 1.54) is 5.56 Å². The van der Waals surface area contributed by atoms with Crippen LogP contribution in [0.4, 0.5) is 0 Å². The van der Waals surface area contributed by atoms with Crippen LogP contribution >= 0.6 is 0 Å². The highest BCUT2D eigenvalue weighted by Crippen LogP contribution is 2.06. The number of aliphatic imine (C=N–C) groups is 1. The average Bonchev–Trinajstić information content (AvgIpc) is 3.14. The standard InChI is InChI=1S/C21H26N6/c1-2-22-21(25-13-11-19-10-6-7-12-23-19)26-16-20-24-14-15-27(20)17-18-8-4-3-5-9-18/h3-10,12,14-15H,2,11,13,16-17H2,1H3,(H2,22,25,26). The first-order valence-electron chi connectivity index (χ1n) is 9.31. The quantitative estimate of drug-likeness (QED) is 0.477. The van der Waals surface area contributed by atoms with Gasteiger partial charge in [0, 0.05) is 50.3 Å². The molecule has 2 aromatic heterocycles. The van der Waals surface area contributed by atoms with Gasteiger partial charge in [0.2, 0.25) is 0 Å². The van der Waals surface area contributed by atoms with Crippen LogP contribution in [0.15, 0.2) is 72.1 Å². The van der Waals surface area contributed by atoms with E-state index in [1.807, 2.05) is 42.9 Å². The smallest absolute Gasteiger partial charge is 0.191 e. The number of nitrogens with one attached hydrogen (secondary N) is 2. The van der Waals surface area contributed by atoms with Crippen LogP contribution < -0.4 is 10.6 Å². The summed E-state index contributed by atoms with van der Waals surface area (Å²) in [4.78, 5) is 13.5. The van der Waals surface area contributed by atoms with Crippen molar-refractivity contribution in [2.75, 3.05) is 13.1 Å². The van der Waals surface area contributed by atoms with E-state index >= 15 is 0 Å². The second kappa shape index (κ2) is 10.1. The van der Waals surface area contributed by atoms with Crippen molar-refractivity contribution >= 4 is 5.96 Å². The first kappa shape index (κ1) is 18.6. The van der Waals surface area contributed by atoms with E-state index < -0.39 is 0 Å². The van der Waals surface area contributed by atoms with Crippen LogP contribution in [0.3, 0.4) is 0 Å². The van der Waals surface area contributed by atoms with Crippen molar-refractivity contribution < 1.29 is 0 Å². The molecule has 0 bridgehead atoms. The number of aromatic nitrogens is 3. The summed E-state index contributed by atoms with van der Waals surface area (Å²) in [5.41, 5.74) is 2.32. The maximum absolute atomic E-state index is 4.68. The van der Waals surface area contributed by atoms with Crippen molar-refractivity contribution in [3.63, 3.8) is 0 Å². The van der Waals surface area contributed by atoms with E-state index in [9.17, 15) is 0 Å². The molecular weight excluding hydrogens is 336 g/mol. The van der Waals surface area contributed by atoms with Gasteiger partial charge >= 0.3 is 0 Å². The lowest BCUT2D eigenvalue weighted by Crippen LogP contribution is -2.38. The summed E-state index contributed by atoms with van der Waals surface area (Å²) >= 11 is 0. The molecule has 0 aliphatic heterocycles. The third-order valence-corrected chi connectivity index (χ3v) is 4.12. The monoisotopic (exact) mass is 362 g/mol. The fraction of sp³-hybridized carbons (Fsp3) is 0.286. The van der Waals surface area contributed by atoms with Gasteiger partial charge in [0.25, 0.3) is 0 Å². The van der Waals surface area contributed by atoms with E-state index in [0.717, 1.165) is 43.5 Å². The summed E-state index contributed by atoms with van der Waals surface area (Å²) in [7, 11) is 0. The summed E-state index contributed by atoms with van der Waals surface area (Å²) in [6.07, 6.45) is 6.50. The van der Waals surface area contributed by atoms with Crippen molar-refractivity contribution in [1.82, 2.24) is 25.2 Å². The van der Waals surface area contributed by atoms with Crippen LogP contribution in [0.2, 0.25) is 0 Å². The van der Waals surface area contributed by atoms with Crippen molar-refractivity contribution in [2.45, 2.75) is 26.4 Å². The summed E-state index contributed by atoms with van der Waals surface area (Å²) in [6.45, 7) is 4.98. The molecule has 6 nitrogen and oxygen atoms in total. The number of pyridine rings is 1. The van der Waals surface area contributed by atoms with Gasteiger partial charge in [-0.1, -0.05) is 36.4 Å². The molecule has 0 fully saturated rings. The van der Waals surface area contributed by atoms with Gasteiger partial charge in [-0.25, -0.2) is 9.98 Å². The molecule has 0 saturated heterocycles. The van der Waals surface area contributed by atoms with Crippen molar-refractivity contribution in [3.05, 3.63) is 84.2 Å². The highest BCUT2D eigenvalue weighted by Gasteiger charge is 2.04. The lowest BCUT2D eigenvalue weighted by Gasteiger charge is -2.11. The molecule has 2 heterocycles. The highest BCUT2D eigenvalue weighted by molar-refractivity contribution is 5.79. The van der Waals surface area contributed by atoms with Gasteiger partial charge in [0.05, 0.1) is 0 Å². The summed E-state index contributed by atoms with van der Waals surface area (Å²) < 4.78 is 2.14. The lowest BCUT2D eigenvalue weighted by atomic mass is 10.2. The minimum Gasteiger partial charge on any atom is -0.357 e. The van der Waals surface area contributed by atoms with Gasteiger partial charge in [0.1, 0.15) is 12.4 Å². The Labute approximate surface area is 160 Å². The van der Waals surface area contributed by atoms with Crippen LogP contribution in [-0.4, -0.2) is 33.6 Å². The molecule has 0 atom stereocenters. The molecule has 3 rings (SSSR count). The average molecular weight is 362 g/mol. The molecule has 0 spiro atoms. The normalized spacial score (nSPS) is 11.4. The Hall–Kier alpha value is -3.15. The van der Waals surface area contributed by atoms with Crippen LogP contribution in [0, 0.1) is 0 Å². The van der Waals surface area contributed by atoms with Crippen molar-refractivity contribution in [2.24, 2.45) is 4.99 Å². The summed E-state index contributed by atoms with van der Waals surface area (Å²) in [5, 5.41) is 6.64. The van der Waals surface area contributed by atoms with Crippen LogP contribution in [0.25, 0.3) is 0 Å². The fourth-order valence-electron chi connectivity index (χ4n) is 2.76. The Morgan fingerprint density at radius 1 is 1.00 bits per heavy atom. The van der Waals surface area contributed by atoms with E-state index in [-0.39, 0.29) is 0 Å². The topological polar surface area (TPSA) is 67.1 Å². The number of hydrogen-bond acceptors (Lipinski definition) is 3. The fourth-order valence-corrected chi connectivity index (χ4v) is 2.76. The third-order valence-electron chi connectivity index (χ3n) is 4.12. The molecule has 6 heteroatoms. The highest BCUT2D eigenvalue weighted by atomic mass is 15.2. The molecule has 27 heavy (non-hydrogen) atoms. The molecule has 0 aliphatic rings. The molecule has 1 aromatic carbocycles. The van der Waals surface area contributed by atoms with E-state index in [2.05, 4.69) is 61.4 Å². The Balaban J connectivity index is 1.57. The predicted octanol–water partition coefficient (Wildman–Crippen LogP) is 2.62. The summed E-state index contributed by atoms with van der Waals surface area (Å²) in [6, 6.07) is 16.4. The Kier molecular flexibility index (Phi) is 6.98. The molecule has 0 unspecified atom stereocenters. The zero-order chi connectivity index (χ0) is 18.7. The Morgan fingerprint density at radius 3 is 2.63 bits per heavy atom. The first-order chi connectivity index (χ1) is 13.3. The second-order valence-electron chi connectivity index (χ2n) is 6.15. The van der Waals surface area contributed by atoms with E-state index in [4.69, 9.17) is 0 Å². The van der Waals surface area contributed by atoms with Crippen molar-refractivity contribution in [1.29, 1.82) is 0 Å². The Bertz CT molecular complexity index is 826. The van der Waals surface area contributed by atoms with Gasteiger partial charge < -0.3 is 15.2 Å². The first-order valence-corrected chi connectivity index (χ1v) is 9.31. The van der Waals surface area contributed by atoms with Gasteiger partial charge in [-0.3, -0.25) is 4.98 Å². The molecule has 0 aliphatic carbocycles. The number of rotatable bonds is 8. The molecule has 0 amide bonds. The number of nitrogens with zero attached hydrogens (tertiary/aromatic N) is 4. The number of imidazole rings is 1. The molecular formula is C21H26N6. The minimum absolute atomic E-state index is 0.527. The molecule has 140 valence electrons. The van der Waals surface area contributed by atoms with Gasteiger partial charge in [-0.15, -0.1) is 0 Å². The minimum atomic E-state index is 0.527. The van der Waals surface area contributed by atoms with E-state index in [0.29, 0.717) is 6.54 Å². The predicted molar refractivity (Wildman–Crippen MR) is 109 cm³/mol. The molecule has 2 N–H and O–H groups in total. The second-order valence-corrected chi connectivity index (χ2v) is 6.15. The number of benzene rings is 1. The van der Waals surface area contributed by atoms with Crippen LogP contribution in [0.5, 0.6) is 0 Å². The van der Waals surface area contributed by atoms with Gasteiger partial charge in [-0.05, 0) is 24.6 Å².